The molecule has 2 N–H and O–H groups in total. The summed E-state index contributed by atoms with van der Waals surface area (Å²) in [6, 6.07) is 0. The van der Waals surface area contributed by atoms with Crippen LogP contribution in [0.3, 0.4) is 0 Å². The molecule has 0 aliphatic heterocycles. The first-order chi connectivity index (χ1) is 9.97. The molecule has 0 bridgehead atoms. The highest BCUT2D eigenvalue weighted by atomic mass is 19.1. The van der Waals surface area contributed by atoms with Crippen molar-refractivity contribution in [2.45, 2.75) is 76.4 Å². The largest absolute Gasteiger partial charge is 0.480 e. The zero-order chi connectivity index (χ0) is 15.5. The Hall–Kier alpha value is -1.13. The fourth-order valence-corrected chi connectivity index (χ4v) is 3.68. The summed E-state index contributed by atoms with van der Waals surface area (Å²) in [5.41, 5.74) is -1.13. The molecule has 2 aliphatic carbocycles. The summed E-state index contributed by atoms with van der Waals surface area (Å²) < 4.78 is 13.4. The lowest BCUT2D eigenvalue weighted by Crippen LogP contribution is -2.57. The lowest BCUT2D eigenvalue weighted by Gasteiger charge is -2.38. The Labute approximate surface area is 125 Å². The highest BCUT2D eigenvalue weighted by Gasteiger charge is 2.44. The van der Waals surface area contributed by atoms with Gasteiger partial charge in [0.15, 0.2) is 0 Å². The van der Waals surface area contributed by atoms with E-state index in [1.807, 2.05) is 0 Å². The number of amides is 1. The summed E-state index contributed by atoms with van der Waals surface area (Å²) in [6.45, 7) is 2.11. The van der Waals surface area contributed by atoms with Gasteiger partial charge in [0.25, 0.3) is 0 Å². The van der Waals surface area contributed by atoms with Gasteiger partial charge in [-0.1, -0.05) is 13.3 Å². The molecule has 2 fully saturated rings. The maximum absolute atomic E-state index is 13.4. The predicted octanol–water partition coefficient (Wildman–Crippen LogP) is 3.05. The molecular weight excluding hydrogens is 273 g/mol. The second kappa shape index (κ2) is 6.75. The summed E-state index contributed by atoms with van der Waals surface area (Å²) in [6.07, 6.45) is 4.89. The van der Waals surface area contributed by atoms with Gasteiger partial charge in [-0.25, -0.2) is 9.18 Å². The van der Waals surface area contributed by atoms with Gasteiger partial charge < -0.3 is 10.4 Å². The standard InChI is InChI=1S/C16H26FNO3/c1-2-11-6-8-16(9-7-11,15(20)21)18-14(19)12-4-3-5-13(17)10-12/h11-13H,2-10H2,1H3,(H,18,19)(H,20,21). The Kier molecular flexibility index (Phi) is 5.22. The zero-order valence-electron chi connectivity index (χ0n) is 12.7. The number of rotatable bonds is 4. The Bertz CT molecular complexity index is 391. The smallest absolute Gasteiger partial charge is 0.329 e. The van der Waals surface area contributed by atoms with E-state index < -0.39 is 17.7 Å². The second-order valence-electron chi connectivity index (χ2n) is 6.69. The molecule has 0 saturated heterocycles. The van der Waals surface area contributed by atoms with Crippen molar-refractivity contribution in [3.05, 3.63) is 0 Å². The molecule has 0 spiro atoms. The number of hydrogen-bond acceptors (Lipinski definition) is 2. The van der Waals surface area contributed by atoms with E-state index >= 15 is 0 Å². The zero-order valence-corrected chi connectivity index (χ0v) is 12.7. The van der Waals surface area contributed by atoms with E-state index in [1.54, 1.807) is 0 Å². The number of carboxylic acids is 1. The number of alkyl halides is 1. The van der Waals surface area contributed by atoms with Crippen molar-refractivity contribution in [1.29, 1.82) is 0 Å². The van der Waals surface area contributed by atoms with E-state index in [2.05, 4.69) is 12.2 Å². The molecule has 0 aromatic carbocycles. The van der Waals surface area contributed by atoms with Crippen LogP contribution in [-0.2, 0) is 9.59 Å². The molecule has 2 atom stereocenters. The van der Waals surface area contributed by atoms with Gasteiger partial charge >= 0.3 is 5.97 Å². The first kappa shape index (κ1) is 16.2. The quantitative estimate of drug-likeness (QED) is 0.838. The molecule has 2 rings (SSSR count). The van der Waals surface area contributed by atoms with E-state index in [0.29, 0.717) is 38.0 Å². The second-order valence-corrected chi connectivity index (χ2v) is 6.69. The van der Waals surface area contributed by atoms with Crippen LogP contribution < -0.4 is 5.32 Å². The minimum absolute atomic E-state index is 0.235. The van der Waals surface area contributed by atoms with Crippen LogP contribution >= 0.6 is 0 Å². The summed E-state index contributed by atoms with van der Waals surface area (Å²) in [4.78, 5) is 24.0. The lowest BCUT2D eigenvalue weighted by atomic mass is 9.75. The van der Waals surface area contributed by atoms with E-state index in [0.717, 1.165) is 19.3 Å². The van der Waals surface area contributed by atoms with Gasteiger partial charge in [-0.2, -0.15) is 0 Å². The van der Waals surface area contributed by atoms with E-state index in [1.165, 1.54) is 0 Å². The van der Waals surface area contributed by atoms with Crippen molar-refractivity contribution in [2.75, 3.05) is 0 Å². The van der Waals surface area contributed by atoms with Crippen molar-refractivity contribution >= 4 is 11.9 Å². The number of halogens is 1. The Balaban J connectivity index is 1.99. The lowest BCUT2D eigenvalue weighted by molar-refractivity contribution is -0.150. The van der Waals surface area contributed by atoms with Crippen LogP contribution in [0.4, 0.5) is 4.39 Å². The SMILES string of the molecule is CCC1CCC(NC(=O)C2CCCC(F)C2)(C(=O)O)CC1. The number of carbonyl (C=O) groups excluding carboxylic acids is 1. The summed E-state index contributed by atoms with van der Waals surface area (Å²) in [5, 5.41) is 12.3. The number of aliphatic carboxylic acids is 1. The third-order valence-corrected chi connectivity index (χ3v) is 5.29. The number of nitrogens with one attached hydrogen (secondary N) is 1. The first-order valence-corrected chi connectivity index (χ1v) is 8.16. The van der Waals surface area contributed by atoms with E-state index in [9.17, 15) is 19.1 Å². The molecule has 5 heteroatoms. The highest BCUT2D eigenvalue weighted by Crippen LogP contribution is 2.35. The third-order valence-electron chi connectivity index (χ3n) is 5.29. The van der Waals surface area contributed by atoms with Crippen molar-refractivity contribution in [1.82, 2.24) is 5.32 Å². The highest BCUT2D eigenvalue weighted by molar-refractivity contribution is 5.88. The van der Waals surface area contributed by atoms with Crippen LogP contribution in [-0.4, -0.2) is 28.7 Å². The summed E-state index contributed by atoms with van der Waals surface area (Å²) >= 11 is 0. The van der Waals surface area contributed by atoms with Crippen LogP contribution in [0, 0.1) is 11.8 Å². The molecule has 2 saturated carbocycles. The summed E-state index contributed by atoms with van der Waals surface area (Å²) in [7, 11) is 0. The van der Waals surface area contributed by atoms with Crippen molar-refractivity contribution in [2.24, 2.45) is 11.8 Å². The van der Waals surface area contributed by atoms with Gasteiger partial charge in [-0.05, 0) is 57.3 Å². The molecule has 120 valence electrons. The first-order valence-electron chi connectivity index (χ1n) is 8.16. The predicted molar refractivity (Wildman–Crippen MR) is 77.6 cm³/mol. The van der Waals surface area contributed by atoms with E-state index in [4.69, 9.17) is 0 Å². The van der Waals surface area contributed by atoms with Crippen molar-refractivity contribution < 1.29 is 19.1 Å². The van der Waals surface area contributed by atoms with Gasteiger partial charge in [0.2, 0.25) is 5.91 Å². The van der Waals surface area contributed by atoms with Gasteiger partial charge in [0.05, 0.1) is 0 Å². The van der Waals surface area contributed by atoms with Gasteiger partial charge in [-0.15, -0.1) is 0 Å². The van der Waals surface area contributed by atoms with Crippen LogP contribution in [0.5, 0.6) is 0 Å². The molecular formula is C16H26FNO3. The fraction of sp³-hybridized carbons (Fsp3) is 0.875. The average Bonchev–Trinajstić information content (AvgIpc) is 2.47. The Morgan fingerprint density at radius 1 is 1.24 bits per heavy atom. The molecule has 0 heterocycles. The fourth-order valence-electron chi connectivity index (χ4n) is 3.68. The maximum atomic E-state index is 13.4. The average molecular weight is 299 g/mol. The molecule has 0 aromatic heterocycles. The van der Waals surface area contributed by atoms with Crippen molar-refractivity contribution in [3.63, 3.8) is 0 Å². The van der Waals surface area contributed by atoms with Crippen molar-refractivity contribution in [3.8, 4) is 0 Å². The number of carbonyl (C=O) groups is 2. The molecule has 0 radical (unpaired) electrons. The molecule has 0 aromatic rings. The van der Waals surface area contributed by atoms with Crippen LogP contribution in [0.25, 0.3) is 0 Å². The normalized spacial score (nSPS) is 37.0. The van der Waals surface area contributed by atoms with Crippen LogP contribution in [0.2, 0.25) is 0 Å². The maximum Gasteiger partial charge on any atom is 0.329 e. The van der Waals surface area contributed by atoms with E-state index in [-0.39, 0.29) is 18.2 Å². The topological polar surface area (TPSA) is 66.4 Å². The molecule has 21 heavy (non-hydrogen) atoms. The number of carboxylic acid groups (broad SMARTS) is 1. The summed E-state index contributed by atoms with van der Waals surface area (Å²) in [5.74, 6) is -1.03. The van der Waals surface area contributed by atoms with Crippen LogP contribution in [0.1, 0.15) is 64.7 Å². The third kappa shape index (κ3) is 3.74. The Morgan fingerprint density at radius 3 is 2.43 bits per heavy atom. The minimum atomic E-state index is -1.13. The van der Waals surface area contributed by atoms with Gasteiger partial charge in [-0.3, -0.25) is 4.79 Å². The molecule has 4 nitrogen and oxygen atoms in total. The molecule has 1 amide bonds. The Morgan fingerprint density at radius 2 is 1.90 bits per heavy atom. The monoisotopic (exact) mass is 299 g/mol. The molecule has 2 aliphatic rings. The van der Waals surface area contributed by atoms with Crippen LogP contribution in [0.15, 0.2) is 0 Å². The van der Waals surface area contributed by atoms with Gasteiger partial charge in [0.1, 0.15) is 11.7 Å². The minimum Gasteiger partial charge on any atom is -0.480 e. The van der Waals surface area contributed by atoms with Gasteiger partial charge in [0, 0.05) is 5.92 Å². The number of hydrogen-bond donors (Lipinski definition) is 2. The molecule has 2 unspecified atom stereocenters.